The molecular formula is C37H44N4O4. The largest absolute Gasteiger partial charge is 0.339 e. The SMILES string of the molecule is Cc1ccc(C(=O)CN2CCC3(CC2)C(=O)N(CCc2ccc(NC(=O)CCC(=O)C(C)C)cc2)CN3c2ccccc2)cc1. The van der Waals surface area contributed by atoms with Crippen LogP contribution in [-0.2, 0) is 20.8 Å². The summed E-state index contributed by atoms with van der Waals surface area (Å²) >= 11 is 0. The van der Waals surface area contributed by atoms with Gasteiger partial charge < -0.3 is 15.1 Å². The molecule has 2 aliphatic heterocycles. The number of Topliss-reactive ketones (excluding diaryl/α,β-unsaturated/α-hetero) is 2. The van der Waals surface area contributed by atoms with Crippen LogP contribution in [0.2, 0.25) is 0 Å². The van der Waals surface area contributed by atoms with E-state index in [1.165, 1.54) is 0 Å². The number of nitrogens with one attached hydrogen (secondary N) is 1. The molecule has 3 aromatic carbocycles. The number of para-hydroxylation sites is 1. The Hall–Kier alpha value is -4.30. The van der Waals surface area contributed by atoms with Gasteiger partial charge in [-0.3, -0.25) is 24.1 Å². The minimum Gasteiger partial charge on any atom is -0.339 e. The fourth-order valence-corrected chi connectivity index (χ4v) is 6.26. The molecule has 0 unspecified atom stereocenters. The number of hydrogen-bond acceptors (Lipinski definition) is 6. The van der Waals surface area contributed by atoms with Crippen LogP contribution in [0.5, 0.6) is 0 Å². The van der Waals surface area contributed by atoms with Crippen molar-refractivity contribution in [2.75, 3.05) is 43.1 Å². The van der Waals surface area contributed by atoms with Crippen molar-refractivity contribution in [3.8, 4) is 0 Å². The molecule has 2 amide bonds. The van der Waals surface area contributed by atoms with Crippen LogP contribution in [0, 0.1) is 12.8 Å². The fraction of sp³-hybridized carbons (Fsp3) is 0.405. The van der Waals surface area contributed by atoms with Crippen molar-refractivity contribution in [2.45, 2.75) is 58.4 Å². The van der Waals surface area contributed by atoms with Crippen LogP contribution in [0.15, 0.2) is 78.9 Å². The molecule has 8 heteroatoms. The van der Waals surface area contributed by atoms with Crippen molar-refractivity contribution in [2.24, 2.45) is 5.92 Å². The maximum atomic E-state index is 14.1. The smallest absolute Gasteiger partial charge is 0.250 e. The molecule has 0 atom stereocenters. The van der Waals surface area contributed by atoms with E-state index < -0.39 is 5.54 Å². The van der Waals surface area contributed by atoms with Crippen LogP contribution in [0.3, 0.4) is 0 Å². The van der Waals surface area contributed by atoms with Gasteiger partial charge in [0.1, 0.15) is 11.3 Å². The summed E-state index contributed by atoms with van der Waals surface area (Å²) in [6, 6.07) is 25.5. The standard InChI is InChI=1S/C37H44N4O4/c1-27(2)33(42)17-18-35(44)38-31-15-11-29(12-16-31)19-22-40-26-41(32-7-5-4-6-8-32)37(36(40)45)20-23-39(24-21-37)25-34(43)30-13-9-28(3)10-14-30/h4-16,27H,17-26H2,1-3H3,(H,38,44). The van der Waals surface area contributed by atoms with E-state index in [0.29, 0.717) is 57.8 Å². The molecule has 45 heavy (non-hydrogen) atoms. The Labute approximate surface area is 266 Å². The summed E-state index contributed by atoms with van der Waals surface area (Å²) in [5.41, 5.74) is 4.03. The van der Waals surface area contributed by atoms with Crippen molar-refractivity contribution in [1.82, 2.24) is 9.80 Å². The predicted molar refractivity (Wildman–Crippen MR) is 177 cm³/mol. The van der Waals surface area contributed by atoms with Crippen molar-refractivity contribution < 1.29 is 19.2 Å². The van der Waals surface area contributed by atoms with Gasteiger partial charge >= 0.3 is 0 Å². The lowest BCUT2D eigenvalue weighted by Crippen LogP contribution is -2.57. The van der Waals surface area contributed by atoms with Crippen LogP contribution >= 0.6 is 0 Å². The lowest BCUT2D eigenvalue weighted by atomic mass is 9.85. The minimum atomic E-state index is -0.629. The van der Waals surface area contributed by atoms with E-state index in [9.17, 15) is 19.2 Å². The number of anilines is 2. The molecular weight excluding hydrogens is 564 g/mol. The molecule has 0 saturated carbocycles. The molecule has 1 N–H and O–H groups in total. The third-order valence-electron chi connectivity index (χ3n) is 9.16. The second-order valence-electron chi connectivity index (χ2n) is 12.7. The topological polar surface area (TPSA) is 90.0 Å². The highest BCUT2D eigenvalue weighted by atomic mass is 16.2. The quantitative estimate of drug-likeness (QED) is 0.273. The molecule has 2 heterocycles. The van der Waals surface area contributed by atoms with Crippen LogP contribution < -0.4 is 10.2 Å². The molecule has 2 fully saturated rings. The number of benzene rings is 3. The fourth-order valence-electron chi connectivity index (χ4n) is 6.26. The lowest BCUT2D eigenvalue weighted by molar-refractivity contribution is -0.133. The highest BCUT2D eigenvalue weighted by Gasteiger charge is 2.53. The first-order chi connectivity index (χ1) is 21.6. The number of likely N-dealkylation sites (tertiary alicyclic amines) is 1. The van der Waals surface area contributed by atoms with E-state index in [4.69, 9.17) is 0 Å². The number of ketones is 2. The molecule has 0 aromatic heterocycles. The number of carbonyl (C=O) groups excluding carboxylic acids is 4. The average Bonchev–Trinajstić information content (AvgIpc) is 3.31. The van der Waals surface area contributed by atoms with E-state index >= 15 is 0 Å². The van der Waals surface area contributed by atoms with Gasteiger partial charge in [-0.15, -0.1) is 0 Å². The third-order valence-corrected chi connectivity index (χ3v) is 9.16. The average molecular weight is 609 g/mol. The van der Waals surface area contributed by atoms with Crippen molar-refractivity contribution in [3.05, 3.63) is 95.6 Å². The van der Waals surface area contributed by atoms with Gasteiger partial charge in [-0.05, 0) is 56.0 Å². The van der Waals surface area contributed by atoms with Gasteiger partial charge in [0.2, 0.25) is 11.8 Å². The van der Waals surface area contributed by atoms with Gasteiger partial charge in [0, 0.05) is 55.3 Å². The van der Waals surface area contributed by atoms with Crippen LogP contribution in [-0.4, -0.2) is 71.6 Å². The Morgan fingerprint density at radius 2 is 1.53 bits per heavy atom. The Kier molecular flexibility index (Phi) is 10.1. The maximum absolute atomic E-state index is 14.1. The Balaban J connectivity index is 1.19. The maximum Gasteiger partial charge on any atom is 0.250 e. The van der Waals surface area contributed by atoms with Crippen molar-refractivity contribution in [3.63, 3.8) is 0 Å². The summed E-state index contributed by atoms with van der Waals surface area (Å²) in [6.07, 6.45) is 2.44. The number of hydrogen-bond donors (Lipinski definition) is 1. The molecule has 5 rings (SSSR count). The summed E-state index contributed by atoms with van der Waals surface area (Å²) in [5, 5.41) is 2.87. The highest BCUT2D eigenvalue weighted by Crippen LogP contribution is 2.39. The summed E-state index contributed by atoms with van der Waals surface area (Å²) in [7, 11) is 0. The molecule has 0 aliphatic carbocycles. The van der Waals surface area contributed by atoms with Crippen molar-refractivity contribution >= 4 is 34.8 Å². The molecule has 1 spiro atoms. The van der Waals surface area contributed by atoms with Gasteiger partial charge in [0.15, 0.2) is 5.78 Å². The normalized spacial score (nSPS) is 16.4. The van der Waals surface area contributed by atoms with E-state index in [2.05, 4.69) is 27.2 Å². The Morgan fingerprint density at radius 1 is 0.867 bits per heavy atom. The van der Waals surface area contributed by atoms with Crippen LogP contribution in [0.1, 0.15) is 61.0 Å². The van der Waals surface area contributed by atoms with E-state index in [0.717, 1.165) is 22.4 Å². The number of amides is 2. The van der Waals surface area contributed by atoms with E-state index in [1.807, 2.05) is 92.4 Å². The zero-order chi connectivity index (χ0) is 32.0. The predicted octanol–water partition coefficient (Wildman–Crippen LogP) is 5.51. The molecule has 236 valence electrons. The number of nitrogens with zero attached hydrogens (tertiary/aromatic N) is 3. The van der Waals surface area contributed by atoms with Crippen LogP contribution in [0.25, 0.3) is 0 Å². The van der Waals surface area contributed by atoms with Gasteiger partial charge in [-0.2, -0.15) is 0 Å². The Bertz CT molecular complexity index is 1490. The Morgan fingerprint density at radius 3 is 2.18 bits per heavy atom. The van der Waals surface area contributed by atoms with Crippen molar-refractivity contribution in [1.29, 1.82) is 0 Å². The second-order valence-corrected chi connectivity index (χ2v) is 12.7. The zero-order valence-corrected chi connectivity index (χ0v) is 26.6. The molecule has 3 aromatic rings. The van der Waals surface area contributed by atoms with Gasteiger partial charge in [0.05, 0.1) is 13.2 Å². The van der Waals surface area contributed by atoms with Gasteiger partial charge in [-0.1, -0.05) is 74.0 Å². The monoisotopic (exact) mass is 608 g/mol. The number of carbonyl (C=O) groups is 4. The lowest BCUT2D eigenvalue weighted by Gasteiger charge is -2.43. The first-order valence-electron chi connectivity index (χ1n) is 16.0. The molecule has 2 saturated heterocycles. The van der Waals surface area contributed by atoms with Gasteiger partial charge in [0.25, 0.3) is 0 Å². The van der Waals surface area contributed by atoms with Crippen LogP contribution in [0.4, 0.5) is 11.4 Å². The minimum absolute atomic E-state index is 0.0675. The van der Waals surface area contributed by atoms with E-state index in [-0.39, 0.29) is 42.1 Å². The first-order valence-corrected chi connectivity index (χ1v) is 16.0. The van der Waals surface area contributed by atoms with Gasteiger partial charge in [-0.25, -0.2) is 0 Å². The van der Waals surface area contributed by atoms with E-state index in [1.54, 1.807) is 0 Å². The molecule has 8 nitrogen and oxygen atoms in total. The molecule has 0 bridgehead atoms. The molecule has 0 radical (unpaired) electrons. The zero-order valence-electron chi connectivity index (χ0n) is 26.6. The molecule has 2 aliphatic rings. The summed E-state index contributed by atoms with van der Waals surface area (Å²) in [4.78, 5) is 57.6. The number of piperidine rings is 1. The number of aryl methyl sites for hydroxylation is 1. The number of rotatable bonds is 12. The second kappa shape index (κ2) is 14.2. The summed E-state index contributed by atoms with van der Waals surface area (Å²) < 4.78 is 0. The first kappa shape index (κ1) is 32.1. The summed E-state index contributed by atoms with van der Waals surface area (Å²) in [6.45, 7) is 8.52. The third kappa shape index (κ3) is 7.68. The summed E-state index contributed by atoms with van der Waals surface area (Å²) in [5.74, 6) is 0.106. The highest BCUT2D eigenvalue weighted by molar-refractivity contribution is 5.98.